The van der Waals surface area contributed by atoms with Gasteiger partial charge in [0.25, 0.3) is 5.56 Å². The lowest BCUT2D eigenvalue weighted by Gasteiger charge is -2.23. The van der Waals surface area contributed by atoms with E-state index in [1.165, 1.54) is 18.4 Å². The summed E-state index contributed by atoms with van der Waals surface area (Å²) in [4.78, 5) is 31.2. The second-order valence-electron chi connectivity index (χ2n) is 7.29. The van der Waals surface area contributed by atoms with Crippen molar-refractivity contribution in [2.24, 2.45) is 12.0 Å². The number of hydrogen-bond acceptors (Lipinski definition) is 6. The smallest absolute Gasteiger partial charge is 0.338 e. The molecule has 2 aromatic heterocycles. The molecular weight excluding hydrogens is 400 g/mol. The number of esters is 1. The van der Waals surface area contributed by atoms with E-state index in [-0.39, 0.29) is 5.56 Å². The van der Waals surface area contributed by atoms with Crippen LogP contribution in [0, 0.1) is 13.8 Å². The Balaban J connectivity index is 1.99. The molecule has 0 amide bonds. The summed E-state index contributed by atoms with van der Waals surface area (Å²) in [6.07, 6.45) is 3.55. The van der Waals surface area contributed by atoms with Crippen molar-refractivity contribution >= 4 is 23.4 Å². The molecule has 0 radical (unpaired) electrons. The number of hydrogen-bond donors (Lipinski definition) is 0. The summed E-state index contributed by atoms with van der Waals surface area (Å²) in [5.41, 5.74) is 4.42. The Morgan fingerprint density at radius 2 is 1.90 bits per heavy atom. The zero-order chi connectivity index (χ0) is 21.6. The molecule has 1 aromatic carbocycles. The van der Waals surface area contributed by atoms with Gasteiger partial charge in [-0.3, -0.25) is 14.0 Å². The normalized spacial score (nSPS) is 16.4. The lowest BCUT2D eigenvalue weighted by molar-refractivity contribution is -0.136. The van der Waals surface area contributed by atoms with Crippen LogP contribution in [0.2, 0.25) is 0 Å². The fourth-order valence-corrected chi connectivity index (χ4v) is 4.63. The molecule has 7 nitrogen and oxygen atoms in total. The fourth-order valence-electron chi connectivity index (χ4n) is 3.59. The average molecular weight is 423 g/mol. The van der Waals surface area contributed by atoms with Crippen molar-refractivity contribution in [2.45, 2.75) is 26.8 Å². The first-order chi connectivity index (χ1) is 14.3. The van der Waals surface area contributed by atoms with Crippen molar-refractivity contribution in [1.29, 1.82) is 0 Å². The summed E-state index contributed by atoms with van der Waals surface area (Å²) in [6.45, 7) is 5.70. The summed E-state index contributed by atoms with van der Waals surface area (Å²) in [5.74, 6) is -0.502. The van der Waals surface area contributed by atoms with Gasteiger partial charge in [-0.15, -0.1) is 0 Å². The highest BCUT2D eigenvalue weighted by Gasteiger charge is 2.34. The average Bonchev–Trinajstić information content (AvgIpc) is 3.21. The lowest BCUT2D eigenvalue weighted by Crippen LogP contribution is -2.40. The molecule has 0 fully saturated rings. The van der Waals surface area contributed by atoms with Crippen LogP contribution in [0.3, 0.4) is 0 Å². The van der Waals surface area contributed by atoms with E-state index in [9.17, 15) is 9.59 Å². The van der Waals surface area contributed by atoms with E-state index >= 15 is 0 Å². The fraction of sp³-hybridized carbons (Fsp3) is 0.273. The molecule has 30 heavy (non-hydrogen) atoms. The molecule has 154 valence electrons. The Bertz CT molecular complexity index is 1360. The monoisotopic (exact) mass is 422 g/mol. The van der Waals surface area contributed by atoms with E-state index in [1.807, 2.05) is 51.2 Å². The van der Waals surface area contributed by atoms with Gasteiger partial charge in [0.15, 0.2) is 4.80 Å². The molecule has 8 heteroatoms. The van der Waals surface area contributed by atoms with Crippen LogP contribution in [0.15, 0.2) is 51.5 Å². The van der Waals surface area contributed by atoms with Crippen LogP contribution in [-0.4, -0.2) is 27.4 Å². The van der Waals surface area contributed by atoms with E-state index in [4.69, 9.17) is 4.74 Å². The summed E-state index contributed by atoms with van der Waals surface area (Å²) in [7, 11) is 3.16. The van der Waals surface area contributed by atoms with Gasteiger partial charge in [-0.25, -0.2) is 9.79 Å². The number of allylic oxidation sites excluding steroid dienone is 1. The van der Waals surface area contributed by atoms with E-state index in [0.717, 1.165) is 22.4 Å². The molecule has 3 heterocycles. The Hall–Kier alpha value is -3.26. The minimum absolute atomic E-state index is 0.193. The van der Waals surface area contributed by atoms with Crippen molar-refractivity contribution in [1.82, 2.24) is 14.3 Å². The van der Waals surface area contributed by atoms with Crippen molar-refractivity contribution in [3.05, 3.63) is 83.8 Å². The largest absolute Gasteiger partial charge is 0.466 e. The Kier molecular flexibility index (Phi) is 5.03. The van der Waals surface area contributed by atoms with Gasteiger partial charge in [-0.2, -0.15) is 5.10 Å². The molecule has 0 unspecified atom stereocenters. The van der Waals surface area contributed by atoms with Crippen molar-refractivity contribution < 1.29 is 9.53 Å². The SMILES string of the molecule is COC(=O)C1=C(C)N=c2s/c(=C/c3ccc(C)cc3)c(=O)n2[C@@H]1c1cnn(C)c1C. The van der Waals surface area contributed by atoms with Gasteiger partial charge in [0.1, 0.15) is 6.04 Å². The number of ether oxygens (including phenoxy) is 1. The standard InChI is InChI=1S/C22H22N4O3S/c1-12-6-8-15(9-7-12)10-17-20(27)26-19(16-11-23-25(4)14(16)3)18(21(28)29-5)13(2)24-22(26)30-17/h6-11,19H,1-5H3/b17-10+/t19-/m1/s1. The molecule has 1 atom stereocenters. The number of thiazole rings is 1. The first-order valence-corrected chi connectivity index (χ1v) is 10.3. The molecule has 1 aliphatic rings. The molecule has 0 saturated carbocycles. The van der Waals surface area contributed by atoms with Crippen molar-refractivity contribution in [3.8, 4) is 0 Å². The number of rotatable bonds is 3. The van der Waals surface area contributed by atoms with E-state index in [1.54, 1.807) is 22.4 Å². The van der Waals surface area contributed by atoms with Crippen LogP contribution >= 0.6 is 11.3 Å². The molecule has 0 bridgehead atoms. The van der Waals surface area contributed by atoms with E-state index in [2.05, 4.69) is 10.1 Å². The zero-order valence-electron chi connectivity index (χ0n) is 17.5. The third-order valence-corrected chi connectivity index (χ3v) is 6.35. The Morgan fingerprint density at radius 1 is 1.20 bits per heavy atom. The minimum Gasteiger partial charge on any atom is -0.466 e. The quantitative estimate of drug-likeness (QED) is 0.603. The van der Waals surface area contributed by atoms with Gasteiger partial charge in [0, 0.05) is 18.3 Å². The Labute approximate surface area is 177 Å². The molecule has 1 aliphatic heterocycles. The first-order valence-electron chi connectivity index (χ1n) is 9.48. The number of aryl methyl sites for hydroxylation is 2. The summed E-state index contributed by atoms with van der Waals surface area (Å²) >= 11 is 1.31. The highest BCUT2D eigenvalue weighted by molar-refractivity contribution is 7.07. The molecule has 0 saturated heterocycles. The van der Waals surface area contributed by atoms with Gasteiger partial charge in [0.05, 0.1) is 29.1 Å². The molecule has 0 N–H and O–H groups in total. The number of nitrogens with zero attached hydrogens (tertiary/aromatic N) is 4. The maximum absolute atomic E-state index is 13.4. The van der Waals surface area contributed by atoms with Crippen LogP contribution < -0.4 is 14.9 Å². The third-order valence-electron chi connectivity index (χ3n) is 5.37. The van der Waals surface area contributed by atoms with E-state index < -0.39 is 12.0 Å². The van der Waals surface area contributed by atoms with Gasteiger partial charge in [-0.1, -0.05) is 41.2 Å². The van der Waals surface area contributed by atoms with Gasteiger partial charge in [0.2, 0.25) is 0 Å². The summed E-state index contributed by atoms with van der Waals surface area (Å²) in [6, 6.07) is 7.32. The minimum atomic E-state index is -0.637. The van der Waals surface area contributed by atoms with E-state index in [0.29, 0.717) is 20.6 Å². The number of carbonyl (C=O) groups excluding carboxylic acids is 1. The van der Waals surface area contributed by atoms with Crippen LogP contribution in [-0.2, 0) is 16.6 Å². The number of benzene rings is 1. The molecule has 3 aromatic rings. The summed E-state index contributed by atoms with van der Waals surface area (Å²) in [5, 5.41) is 4.31. The van der Waals surface area contributed by atoms with Crippen LogP contribution in [0.4, 0.5) is 0 Å². The Morgan fingerprint density at radius 3 is 2.50 bits per heavy atom. The zero-order valence-corrected chi connectivity index (χ0v) is 18.3. The number of carbonyl (C=O) groups is 1. The van der Waals surface area contributed by atoms with Crippen LogP contribution in [0.25, 0.3) is 6.08 Å². The van der Waals surface area contributed by atoms with Crippen LogP contribution in [0.1, 0.15) is 35.3 Å². The van der Waals surface area contributed by atoms with Crippen molar-refractivity contribution in [2.75, 3.05) is 7.11 Å². The van der Waals surface area contributed by atoms with Gasteiger partial charge < -0.3 is 4.74 Å². The predicted octanol–water partition coefficient (Wildman–Crippen LogP) is 1.76. The van der Waals surface area contributed by atoms with Gasteiger partial charge >= 0.3 is 5.97 Å². The molecular formula is C22H22N4O3S. The van der Waals surface area contributed by atoms with Gasteiger partial charge in [-0.05, 0) is 32.4 Å². The highest BCUT2D eigenvalue weighted by Crippen LogP contribution is 2.32. The molecule has 0 spiro atoms. The number of fused-ring (bicyclic) bond motifs is 1. The lowest BCUT2D eigenvalue weighted by atomic mass is 9.96. The maximum atomic E-state index is 13.4. The molecule has 0 aliphatic carbocycles. The third kappa shape index (κ3) is 3.23. The maximum Gasteiger partial charge on any atom is 0.338 e. The second-order valence-corrected chi connectivity index (χ2v) is 8.30. The highest BCUT2D eigenvalue weighted by atomic mass is 32.1. The van der Waals surface area contributed by atoms with Crippen LogP contribution in [0.5, 0.6) is 0 Å². The number of aromatic nitrogens is 3. The summed E-state index contributed by atoms with van der Waals surface area (Å²) < 4.78 is 8.88. The predicted molar refractivity (Wildman–Crippen MR) is 115 cm³/mol. The second kappa shape index (κ2) is 7.53. The van der Waals surface area contributed by atoms with Crippen molar-refractivity contribution in [3.63, 3.8) is 0 Å². The topological polar surface area (TPSA) is 78.5 Å². The molecule has 4 rings (SSSR count). The first kappa shape index (κ1) is 20.0. The number of methoxy groups -OCH3 is 1.